The monoisotopic (exact) mass is 332 g/mol. The largest absolute Gasteiger partial charge is 0.339 e. The predicted octanol–water partition coefficient (Wildman–Crippen LogP) is 3.80. The average Bonchev–Trinajstić information content (AvgIpc) is 2.82. The summed E-state index contributed by atoms with van der Waals surface area (Å²) in [6.07, 6.45) is 5.85. The molecule has 24 heavy (non-hydrogen) atoms. The van der Waals surface area contributed by atoms with Crippen molar-refractivity contribution in [3.8, 4) is 0 Å². The van der Waals surface area contributed by atoms with Crippen LogP contribution >= 0.6 is 0 Å². The summed E-state index contributed by atoms with van der Waals surface area (Å²) in [4.78, 5) is 17.0. The highest BCUT2D eigenvalue weighted by molar-refractivity contribution is 5.94. The first-order valence-electron chi connectivity index (χ1n) is 9.39. The maximum absolute atomic E-state index is 13.9. The summed E-state index contributed by atoms with van der Waals surface area (Å²) in [5.74, 6) is 0.965. The second kappa shape index (κ2) is 8.11. The first-order valence-corrected chi connectivity index (χ1v) is 9.39. The van der Waals surface area contributed by atoms with Gasteiger partial charge in [0.2, 0.25) is 0 Å². The molecule has 1 aromatic rings. The summed E-state index contributed by atoms with van der Waals surface area (Å²) >= 11 is 0. The fraction of sp³-hybridized carbons (Fsp3) is 0.650. The van der Waals surface area contributed by atoms with Gasteiger partial charge in [0.1, 0.15) is 5.82 Å². The highest BCUT2D eigenvalue weighted by atomic mass is 19.1. The molecule has 2 aliphatic rings. The van der Waals surface area contributed by atoms with E-state index in [0.29, 0.717) is 5.92 Å². The van der Waals surface area contributed by atoms with Gasteiger partial charge in [-0.2, -0.15) is 0 Å². The van der Waals surface area contributed by atoms with Gasteiger partial charge in [-0.15, -0.1) is 0 Å². The molecule has 0 spiro atoms. The number of hydrogen-bond acceptors (Lipinski definition) is 2. The van der Waals surface area contributed by atoms with Crippen LogP contribution in [0.4, 0.5) is 4.39 Å². The standard InChI is InChI=1S/C20H29FN2O/c1-16-8-12-22(13-9-16)15-17-5-4-11-23(14-10-17)20(24)18-6-2-3-7-19(18)21/h2-3,6-7,16-17H,4-5,8-15H2,1H3. The molecule has 0 saturated carbocycles. The number of nitrogens with zero attached hydrogens (tertiary/aromatic N) is 2. The number of carbonyl (C=O) groups excluding carboxylic acids is 1. The summed E-state index contributed by atoms with van der Waals surface area (Å²) in [6.45, 7) is 7.44. The van der Waals surface area contributed by atoms with Crippen molar-refractivity contribution >= 4 is 5.91 Å². The molecular weight excluding hydrogens is 303 g/mol. The van der Waals surface area contributed by atoms with E-state index in [9.17, 15) is 9.18 Å². The lowest BCUT2D eigenvalue weighted by Crippen LogP contribution is -2.37. The van der Waals surface area contributed by atoms with Crippen LogP contribution in [0.1, 0.15) is 49.4 Å². The summed E-state index contributed by atoms with van der Waals surface area (Å²) in [6, 6.07) is 6.32. The second-order valence-electron chi connectivity index (χ2n) is 7.55. The topological polar surface area (TPSA) is 23.6 Å². The van der Waals surface area contributed by atoms with Gasteiger partial charge in [-0.25, -0.2) is 4.39 Å². The maximum atomic E-state index is 13.9. The lowest BCUT2D eigenvalue weighted by atomic mass is 9.95. The number of halogens is 1. The number of hydrogen-bond donors (Lipinski definition) is 0. The Balaban J connectivity index is 1.53. The van der Waals surface area contributed by atoms with Gasteiger partial charge in [0.15, 0.2) is 0 Å². The first-order chi connectivity index (χ1) is 11.6. The van der Waals surface area contributed by atoms with E-state index in [-0.39, 0.29) is 11.5 Å². The van der Waals surface area contributed by atoms with Crippen molar-refractivity contribution in [3.63, 3.8) is 0 Å². The number of carbonyl (C=O) groups is 1. The molecule has 0 radical (unpaired) electrons. The SMILES string of the molecule is CC1CCN(CC2CCCN(C(=O)c3ccccc3F)CC2)CC1. The Morgan fingerprint density at radius 3 is 2.58 bits per heavy atom. The fourth-order valence-corrected chi connectivity index (χ4v) is 3.97. The number of likely N-dealkylation sites (tertiary alicyclic amines) is 2. The Hall–Kier alpha value is -1.42. The molecular formula is C20H29FN2O. The highest BCUT2D eigenvalue weighted by Crippen LogP contribution is 2.23. The summed E-state index contributed by atoms with van der Waals surface area (Å²) in [5.41, 5.74) is 0.209. The van der Waals surface area contributed by atoms with E-state index in [1.54, 1.807) is 18.2 Å². The Morgan fingerprint density at radius 2 is 1.83 bits per heavy atom. The van der Waals surface area contributed by atoms with Crippen molar-refractivity contribution in [2.75, 3.05) is 32.7 Å². The number of benzene rings is 1. The van der Waals surface area contributed by atoms with Crippen LogP contribution in [0.5, 0.6) is 0 Å². The number of piperidine rings is 1. The van der Waals surface area contributed by atoms with Crippen molar-refractivity contribution in [1.29, 1.82) is 0 Å². The molecule has 2 fully saturated rings. The molecule has 1 atom stereocenters. The van der Waals surface area contributed by atoms with Gasteiger partial charge in [0.05, 0.1) is 5.56 Å². The third kappa shape index (κ3) is 4.35. The highest BCUT2D eigenvalue weighted by Gasteiger charge is 2.25. The normalized spacial score (nSPS) is 23.9. The van der Waals surface area contributed by atoms with E-state index in [0.717, 1.165) is 38.4 Å². The maximum Gasteiger partial charge on any atom is 0.256 e. The van der Waals surface area contributed by atoms with Crippen LogP contribution in [0.15, 0.2) is 24.3 Å². The predicted molar refractivity (Wildman–Crippen MR) is 94.5 cm³/mol. The third-order valence-electron chi connectivity index (χ3n) is 5.63. The molecule has 4 heteroatoms. The Bertz CT molecular complexity index is 554. The fourth-order valence-electron chi connectivity index (χ4n) is 3.97. The van der Waals surface area contributed by atoms with Crippen molar-refractivity contribution in [3.05, 3.63) is 35.6 Å². The van der Waals surface area contributed by atoms with Gasteiger partial charge in [-0.3, -0.25) is 4.79 Å². The summed E-state index contributed by atoms with van der Waals surface area (Å²) in [5, 5.41) is 0. The van der Waals surface area contributed by atoms with Crippen molar-refractivity contribution < 1.29 is 9.18 Å². The Kier molecular flexibility index (Phi) is 5.88. The van der Waals surface area contributed by atoms with Gasteiger partial charge in [0, 0.05) is 19.6 Å². The van der Waals surface area contributed by atoms with E-state index in [4.69, 9.17) is 0 Å². The first kappa shape index (κ1) is 17.4. The molecule has 132 valence electrons. The molecule has 2 aliphatic heterocycles. The van der Waals surface area contributed by atoms with Crippen LogP contribution in [-0.4, -0.2) is 48.4 Å². The Labute approximate surface area is 144 Å². The molecule has 1 unspecified atom stereocenters. The summed E-state index contributed by atoms with van der Waals surface area (Å²) < 4.78 is 13.9. The zero-order valence-electron chi connectivity index (χ0n) is 14.7. The lowest BCUT2D eigenvalue weighted by molar-refractivity contribution is 0.0753. The third-order valence-corrected chi connectivity index (χ3v) is 5.63. The second-order valence-corrected chi connectivity index (χ2v) is 7.55. The molecule has 0 aromatic heterocycles. The number of rotatable bonds is 3. The van der Waals surface area contributed by atoms with Crippen molar-refractivity contribution in [1.82, 2.24) is 9.80 Å². The smallest absolute Gasteiger partial charge is 0.256 e. The van der Waals surface area contributed by atoms with Gasteiger partial charge in [0.25, 0.3) is 5.91 Å². The van der Waals surface area contributed by atoms with Crippen molar-refractivity contribution in [2.24, 2.45) is 11.8 Å². The van der Waals surface area contributed by atoms with E-state index in [2.05, 4.69) is 11.8 Å². The molecule has 1 amide bonds. The minimum atomic E-state index is -0.411. The summed E-state index contributed by atoms with van der Waals surface area (Å²) in [7, 11) is 0. The van der Waals surface area contributed by atoms with Gasteiger partial charge >= 0.3 is 0 Å². The van der Waals surface area contributed by atoms with E-state index < -0.39 is 5.82 Å². The molecule has 3 rings (SSSR count). The van der Waals surface area contributed by atoms with Gasteiger partial charge in [-0.1, -0.05) is 19.1 Å². The van der Waals surface area contributed by atoms with Crippen LogP contribution in [-0.2, 0) is 0 Å². The van der Waals surface area contributed by atoms with E-state index >= 15 is 0 Å². The van der Waals surface area contributed by atoms with Crippen LogP contribution < -0.4 is 0 Å². The van der Waals surface area contributed by atoms with Gasteiger partial charge in [-0.05, 0) is 69.2 Å². The van der Waals surface area contributed by atoms with E-state index in [1.807, 2.05) is 4.90 Å². The van der Waals surface area contributed by atoms with Gasteiger partial charge < -0.3 is 9.80 Å². The average molecular weight is 332 g/mol. The molecule has 0 aliphatic carbocycles. The van der Waals surface area contributed by atoms with E-state index in [1.165, 1.54) is 38.4 Å². The molecule has 3 nitrogen and oxygen atoms in total. The Morgan fingerprint density at radius 1 is 1.08 bits per heavy atom. The minimum absolute atomic E-state index is 0.152. The molecule has 2 heterocycles. The molecule has 0 bridgehead atoms. The lowest BCUT2D eigenvalue weighted by Gasteiger charge is -2.32. The van der Waals surface area contributed by atoms with Crippen LogP contribution in [0.2, 0.25) is 0 Å². The van der Waals surface area contributed by atoms with Crippen LogP contribution in [0.25, 0.3) is 0 Å². The van der Waals surface area contributed by atoms with Crippen LogP contribution in [0.3, 0.4) is 0 Å². The number of amides is 1. The zero-order valence-corrected chi connectivity index (χ0v) is 14.7. The quantitative estimate of drug-likeness (QED) is 0.840. The minimum Gasteiger partial charge on any atom is -0.339 e. The van der Waals surface area contributed by atoms with Crippen LogP contribution in [0, 0.1) is 17.7 Å². The molecule has 0 N–H and O–H groups in total. The zero-order chi connectivity index (χ0) is 16.9. The molecule has 1 aromatic carbocycles. The van der Waals surface area contributed by atoms with Crippen molar-refractivity contribution in [2.45, 2.75) is 39.0 Å². The molecule has 2 saturated heterocycles.